The highest BCUT2D eigenvalue weighted by Crippen LogP contribution is 2.58. The molecule has 1 saturated heterocycles. The van der Waals surface area contributed by atoms with Crippen LogP contribution in [0.15, 0.2) is 18.3 Å². The molecule has 96 valence electrons. The van der Waals surface area contributed by atoms with Gasteiger partial charge < -0.3 is 10.6 Å². The standard InChI is InChI=1S/C13H16ClN3O/c14-11-10(2-1-5-16-11)17-12(18)9-8-13(9)3-6-15-7-4-13/h1-2,5,9,15H,3-4,6-8H2,(H,17,18). The van der Waals surface area contributed by atoms with Gasteiger partial charge in [-0.15, -0.1) is 0 Å². The van der Waals surface area contributed by atoms with Crippen LogP contribution in [0.25, 0.3) is 0 Å². The zero-order valence-corrected chi connectivity index (χ0v) is 10.8. The van der Waals surface area contributed by atoms with E-state index in [1.165, 1.54) is 0 Å². The van der Waals surface area contributed by atoms with Crippen molar-refractivity contribution < 1.29 is 4.79 Å². The number of pyridine rings is 1. The van der Waals surface area contributed by atoms with Crippen molar-refractivity contribution in [2.24, 2.45) is 11.3 Å². The predicted molar refractivity (Wildman–Crippen MR) is 70.5 cm³/mol. The Labute approximate surface area is 111 Å². The number of rotatable bonds is 2. The van der Waals surface area contributed by atoms with E-state index in [1.54, 1.807) is 18.3 Å². The van der Waals surface area contributed by atoms with Crippen LogP contribution in [-0.2, 0) is 4.79 Å². The van der Waals surface area contributed by atoms with Crippen LogP contribution in [0.1, 0.15) is 19.3 Å². The zero-order chi connectivity index (χ0) is 12.6. The molecule has 0 aromatic carbocycles. The van der Waals surface area contributed by atoms with Crippen LogP contribution in [0.3, 0.4) is 0 Å². The third kappa shape index (κ3) is 2.10. The van der Waals surface area contributed by atoms with Crippen molar-refractivity contribution in [3.05, 3.63) is 23.5 Å². The molecule has 2 fully saturated rings. The number of aromatic nitrogens is 1. The fourth-order valence-electron chi connectivity index (χ4n) is 2.89. The van der Waals surface area contributed by atoms with Gasteiger partial charge in [0.25, 0.3) is 0 Å². The summed E-state index contributed by atoms with van der Waals surface area (Å²) in [6.45, 7) is 2.05. The maximum absolute atomic E-state index is 12.2. The summed E-state index contributed by atoms with van der Waals surface area (Å²) in [6.07, 6.45) is 4.83. The zero-order valence-electron chi connectivity index (χ0n) is 10.1. The van der Waals surface area contributed by atoms with E-state index in [0.717, 1.165) is 32.4 Å². The highest BCUT2D eigenvalue weighted by molar-refractivity contribution is 6.32. The number of hydrogen-bond donors (Lipinski definition) is 2. The quantitative estimate of drug-likeness (QED) is 0.805. The number of anilines is 1. The largest absolute Gasteiger partial charge is 0.323 e. The maximum Gasteiger partial charge on any atom is 0.228 e. The topological polar surface area (TPSA) is 54.0 Å². The molecular formula is C13H16ClN3O. The molecule has 1 amide bonds. The average Bonchev–Trinajstić information content (AvgIpc) is 3.07. The van der Waals surface area contributed by atoms with Crippen molar-refractivity contribution in [3.63, 3.8) is 0 Å². The molecule has 5 heteroatoms. The van der Waals surface area contributed by atoms with Gasteiger partial charge in [-0.2, -0.15) is 0 Å². The maximum atomic E-state index is 12.2. The Bertz CT molecular complexity index is 471. The number of nitrogens with zero attached hydrogens (tertiary/aromatic N) is 1. The van der Waals surface area contributed by atoms with Gasteiger partial charge in [0.15, 0.2) is 5.15 Å². The fraction of sp³-hybridized carbons (Fsp3) is 0.538. The molecule has 1 aliphatic heterocycles. The van der Waals surface area contributed by atoms with Crippen molar-refractivity contribution in [1.29, 1.82) is 0 Å². The number of carbonyl (C=O) groups is 1. The summed E-state index contributed by atoms with van der Waals surface area (Å²) in [7, 11) is 0. The van der Waals surface area contributed by atoms with E-state index in [4.69, 9.17) is 11.6 Å². The fourth-order valence-corrected chi connectivity index (χ4v) is 3.06. The second-order valence-electron chi connectivity index (χ2n) is 5.20. The molecule has 1 atom stereocenters. The van der Waals surface area contributed by atoms with Crippen LogP contribution in [0.4, 0.5) is 5.69 Å². The Hall–Kier alpha value is -1.13. The monoisotopic (exact) mass is 265 g/mol. The van der Waals surface area contributed by atoms with Gasteiger partial charge >= 0.3 is 0 Å². The molecule has 1 aromatic rings. The van der Waals surface area contributed by atoms with Gasteiger partial charge in [0, 0.05) is 12.1 Å². The van der Waals surface area contributed by atoms with Gasteiger partial charge in [-0.05, 0) is 49.9 Å². The second-order valence-corrected chi connectivity index (χ2v) is 5.56. The average molecular weight is 266 g/mol. The Morgan fingerprint density at radius 2 is 2.28 bits per heavy atom. The number of nitrogens with one attached hydrogen (secondary N) is 2. The van der Waals surface area contributed by atoms with Gasteiger partial charge in [0.05, 0.1) is 5.69 Å². The van der Waals surface area contributed by atoms with Crippen molar-refractivity contribution in [2.45, 2.75) is 19.3 Å². The lowest BCUT2D eigenvalue weighted by Crippen LogP contribution is -2.31. The van der Waals surface area contributed by atoms with Crippen LogP contribution < -0.4 is 10.6 Å². The first-order valence-corrected chi connectivity index (χ1v) is 6.71. The lowest BCUT2D eigenvalue weighted by molar-refractivity contribution is -0.118. The normalized spacial score (nSPS) is 24.8. The third-order valence-electron chi connectivity index (χ3n) is 4.12. The van der Waals surface area contributed by atoms with E-state index in [2.05, 4.69) is 15.6 Å². The Balaban J connectivity index is 1.65. The molecule has 4 nitrogen and oxygen atoms in total. The molecule has 0 radical (unpaired) electrons. The number of piperidine rings is 1. The summed E-state index contributed by atoms with van der Waals surface area (Å²) in [6, 6.07) is 3.55. The first kappa shape index (κ1) is 11.9. The van der Waals surface area contributed by atoms with Crippen LogP contribution in [0.2, 0.25) is 5.15 Å². The minimum absolute atomic E-state index is 0.0896. The van der Waals surface area contributed by atoms with Gasteiger partial charge in [-0.3, -0.25) is 4.79 Å². The van der Waals surface area contributed by atoms with E-state index in [1.807, 2.05) is 0 Å². The Kier molecular flexibility index (Phi) is 2.99. The molecule has 1 spiro atoms. The van der Waals surface area contributed by atoms with Gasteiger partial charge in [0.1, 0.15) is 0 Å². The van der Waals surface area contributed by atoms with Gasteiger partial charge in [-0.1, -0.05) is 11.6 Å². The minimum Gasteiger partial charge on any atom is -0.323 e. The second kappa shape index (κ2) is 4.52. The first-order valence-electron chi connectivity index (χ1n) is 6.33. The number of halogens is 1. The summed E-state index contributed by atoms with van der Waals surface area (Å²) in [5.41, 5.74) is 0.865. The van der Waals surface area contributed by atoms with E-state index >= 15 is 0 Å². The van der Waals surface area contributed by atoms with Crippen molar-refractivity contribution in [2.75, 3.05) is 18.4 Å². The Morgan fingerprint density at radius 1 is 1.50 bits per heavy atom. The molecule has 1 aromatic heterocycles. The van der Waals surface area contributed by atoms with Crippen molar-refractivity contribution in [3.8, 4) is 0 Å². The van der Waals surface area contributed by atoms with Crippen LogP contribution in [0.5, 0.6) is 0 Å². The Morgan fingerprint density at radius 3 is 3.00 bits per heavy atom. The van der Waals surface area contributed by atoms with E-state index < -0.39 is 0 Å². The summed E-state index contributed by atoms with van der Waals surface area (Å²) >= 11 is 5.93. The highest BCUT2D eigenvalue weighted by atomic mass is 35.5. The van der Waals surface area contributed by atoms with Gasteiger partial charge in [-0.25, -0.2) is 4.98 Å². The molecular weight excluding hydrogens is 250 g/mol. The molecule has 1 aliphatic carbocycles. The van der Waals surface area contributed by atoms with Crippen molar-refractivity contribution in [1.82, 2.24) is 10.3 Å². The molecule has 2 N–H and O–H groups in total. The summed E-state index contributed by atoms with van der Waals surface area (Å²) < 4.78 is 0. The minimum atomic E-state index is 0.0896. The van der Waals surface area contributed by atoms with E-state index in [-0.39, 0.29) is 17.2 Å². The third-order valence-corrected chi connectivity index (χ3v) is 4.42. The number of hydrogen-bond acceptors (Lipinski definition) is 3. The number of amides is 1. The lowest BCUT2D eigenvalue weighted by Gasteiger charge is -2.23. The highest BCUT2D eigenvalue weighted by Gasteiger charge is 2.57. The van der Waals surface area contributed by atoms with Crippen LogP contribution in [0, 0.1) is 11.3 Å². The summed E-state index contributed by atoms with van der Waals surface area (Å²) in [5.74, 6) is 0.239. The molecule has 2 heterocycles. The predicted octanol–water partition coefficient (Wildman–Crippen LogP) is 2.06. The molecule has 1 unspecified atom stereocenters. The van der Waals surface area contributed by atoms with Crippen LogP contribution in [-0.4, -0.2) is 24.0 Å². The summed E-state index contributed by atoms with van der Waals surface area (Å²) in [4.78, 5) is 16.1. The van der Waals surface area contributed by atoms with Crippen molar-refractivity contribution >= 4 is 23.2 Å². The van der Waals surface area contributed by atoms with E-state index in [9.17, 15) is 4.79 Å². The molecule has 3 rings (SSSR count). The first-order chi connectivity index (χ1) is 8.71. The summed E-state index contributed by atoms with van der Waals surface area (Å²) in [5, 5.41) is 6.58. The molecule has 0 bridgehead atoms. The van der Waals surface area contributed by atoms with E-state index in [0.29, 0.717) is 10.8 Å². The SMILES string of the molecule is O=C(Nc1cccnc1Cl)C1CC12CCNCC2. The molecule has 18 heavy (non-hydrogen) atoms. The van der Waals surface area contributed by atoms with Crippen LogP contribution >= 0.6 is 11.6 Å². The smallest absolute Gasteiger partial charge is 0.228 e. The molecule has 1 saturated carbocycles. The lowest BCUT2D eigenvalue weighted by atomic mass is 9.92. The molecule has 2 aliphatic rings. The van der Waals surface area contributed by atoms with Gasteiger partial charge in [0.2, 0.25) is 5.91 Å². The number of carbonyl (C=O) groups excluding carboxylic acids is 1.